The molecule has 8 nitrogen and oxygen atoms in total. The van der Waals surface area contributed by atoms with Gasteiger partial charge >= 0.3 is 0 Å². The van der Waals surface area contributed by atoms with Gasteiger partial charge in [-0.1, -0.05) is 26.0 Å². The maximum Gasteiger partial charge on any atom is 0.246 e. The predicted octanol–water partition coefficient (Wildman–Crippen LogP) is 6.87. The van der Waals surface area contributed by atoms with Crippen LogP contribution in [0.3, 0.4) is 0 Å². The highest BCUT2D eigenvalue weighted by atomic mass is 32.1. The van der Waals surface area contributed by atoms with E-state index >= 15 is 0 Å². The van der Waals surface area contributed by atoms with Gasteiger partial charge in [-0.3, -0.25) is 9.59 Å². The molecule has 10 heteroatoms. The molecular formula is C31H30N6O2S2. The van der Waals surface area contributed by atoms with Crippen LogP contribution < -0.4 is 5.32 Å². The molecule has 4 aromatic heterocycles. The van der Waals surface area contributed by atoms with E-state index in [4.69, 9.17) is 4.98 Å². The quantitative estimate of drug-likeness (QED) is 0.199. The average molecular weight is 583 g/mol. The summed E-state index contributed by atoms with van der Waals surface area (Å²) in [5, 5.41) is 2.84. The van der Waals surface area contributed by atoms with Crippen molar-refractivity contribution >= 4 is 66.0 Å². The molecule has 1 aliphatic rings. The molecule has 0 radical (unpaired) electrons. The smallest absolute Gasteiger partial charge is 0.246 e. The lowest BCUT2D eigenvalue weighted by Crippen LogP contribution is -2.50. The number of likely N-dealkylation sites (tertiary alicyclic amines) is 1. The van der Waals surface area contributed by atoms with Crippen LogP contribution in [-0.2, 0) is 9.59 Å². The number of aromatic nitrogens is 4. The SMILES string of the molecule is CC(=O)NC(C(=O)N1CCC[C@H]1c1nc2cc(-c3cc4sc(-c5ccc6[nH]cnc6c5)cc4s3)ccc2[nH]1)C(C)C. The third-order valence-corrected chi connectivity index (χ3v) is 10.2. The maximum absolute atomic E-state index is 13.4. The zero-order valence-electron chi connectivity index (χ0n) is 23.0. The Balaban J connectivity index is 1.15. The lowest BCUT2D eigenvalue weighted by molar-refractivity contribution is -0.138. The molecule has 1 aliphatic heterocycles. The van der Waals surface area contributed by atoms with Crippen molar-refractivity contribution in [2.45, 2.75) is 45.7 Å². The number of nitrogens with one attached hydrogen (secondary N) is 3. The first-order valence-electron chi connectivity index (χ1n) is 13.9. The van der Waals surface area contributed by atoms with Crippen molar-refractivity contribution in [3.05, 3.63) is 60.7 Å². The first-order valence-corrected chi connectivity index (χ1v) is 15.5. The van der Waals surface area contributed by atoms with Gasteiger partial charge in [0.2, 0.25) is 11.8 Å². The van der Waals surface area contributed by atoms with Crippen molar-refractivity contribution in [3.8, 4) is 20.9 Å². The Kier molecular flexibility index (Phi) is 6.39. The van der Waals surface area contributed by atoms with Crippen LogP contribution in [0.15, 0.2) is 54.9 Å². The predicted molar refractivity (Wildman–Crippen MR) is 166 cm³/mol. The van der Waals surface area contributed by atoms with Gasteiger partial charge in [-0.2, -0.15) is 0 Å². The van der Waals surface area contributed by atoms with E-state index in [1.807, 2.05) is 18.7 Å². The van der Waals surface area contributed by atoms with Crippen LogP contribution >= 0.6 is 22.7 Å². The lowest BCUT2D eigenvalue weighted by atomic mass is 10.0. The van der Waals surface area contributed by atoms with Crippen LogP contribution in [0, 0.1) is 5.92 Å². The van der Waals surface area contributed by atoms with Gasteiger partial charge in [-0.25, -0.2) is 9.97 Å². The van der Waals surface area contributed by atoms with E-state index < -0.39 is 6.04 Å². The third kappa shape index (κ3) is 4.70. The van der Waals surface area contributed by atoms with E-state index in [-0.39, 0.29) is 23.8 Å². The summed E-state index contributed by atoms with van der Waals surface area (Å²) >= 11 is 3.59. The number of hydrogen-bond donors (Lipinski definition) is 3. The second-order valence-electron chi connectivity index (χ2n) is 11.1. The van der Waals surface area contributed by atoms with Crippen LogP contribution in [0.5, 0.6) is 0 Å². The standard InChI is InChI=1S/C31H30N6O2S2/c1-16(2)29(34-17(3)38)31(39)37-10-4-5-24(37)30-35-21-9-7-19(12-23(21)36-30)26-14-28-27(41-26)13-25(40-28)18-6-8-20-22(11-18)33-15-32-20/h6-9,11-16,24,29H,4-5,10H2,1-3H3,(H,32,33)(H,34,38)(H,35,36)/t24-,29?/m0/s1. The van der Waals surface area contributed by atoms with Gasteiger partial charge in [-0.15, -0.1) is 22.7 Å². The molecular weight excluding hydrogens is 553 g/mol. The molecule has 208 valence electrons. The molecule has 6 aromatic rings. The second-order valence-corrected chi connectivity index (χ2v) is 13.2. The number of hydrogen-bond acceptors (Lipinski definition) is 6. The minimum Gasteiger partial charge on any atom is -0.345 e. The van der Waals surface area contributed by atoms with Gasteiger partial charge in [0, 0.05) is 32.6 Å². The number of carbonyl (C=O) groups excluding carboxylic acids is 2. The topological polar surface area (TPSA) is 107 Å². The molecule has 2 aromatic carbocycles. The van der Waals surface area contributed by atoms with Gasteiger partial charge in [0.05, 0.1) is 34.4 Å². The van der Waals surface area contributed by atoms with E-state index in [1.165, 1.54) is 31.6 Å². The zero-order valence-corrected chi connectivity index (χ0v) is 24.7. The summed E-state index contributed by atoms with van der Waals surface area (Å²) in [4.78, 5) is 45.5. The minimum absolute atomic E-state index is 0.00209. The molecule has 0 saturated carbocycles. The average Bonchev–Trinajstić information content (AvgIpc) is 3.76. The fraction of sp³-hybridized carbons (Fsp3) is 0.290. The Morgan fingerprint density at radius 2 is 1.66 bits per heavy atom. The number of nitrogens with zero attached hydrogens (tertiary/aromatic N) is 3. The highest BCUT2D eigenvalue weighted by Gasteiger charge is 2.37. The van der Waals surface area contributed by atoms with E-state index in [0.29, 0.717) is 6.54 Å². The molecule has 1 unspecified atom stereocenters. The summed E-state index contributed by atoms with van der Waals surface area (Å²) in [6.45, 7) is 6.04. The van der Waals surface area contributed by atoms with Gasteiger partial charge < -0.3 is 20.2 Å². The Morgan fingerprint density at radius 3 is 2.34 bits per heavy atom. The first-order chi connectivity index (χ1) is 19.8. The molecule has 0 aliphatic carbocycles. The van der Waals surface area contributed by atoms with E-state index in [2.05, 4.69) is 68.8 Å². The van der Waals surface area contributed by atoms with Crippen LogP contribution in [0.2, 0.25) is 0 Å². The van der Waals surface area contributed by atoms with Crippen molar-refractivity contribution in [2.24, 2.45) is 5.92 Å². The minimum atomic E-state index is -0.537. The highest BCUT2D eigenvalue weighted by Crippen LogP contribution is 2.42. The van der Waals surface area contributed by atoms with Crippen molar-refractivity contribution < 1.29 is 9.59 Å². The Hall–Kier alpha value is -4.02. The van der Waals surface area contributed by atoms with Crippen molar-refractivity contribution in [2.75, 3.05) is 6.54 Å². The molecule has 41 heavy (non-hydrogen) atoms. The molecule has 1 fully saturated rings. The summed E-state index contributed by atoms with van der Waals surface area (Å²) in [7, 11) is 0. The number of benzene rings is 2. The van der Waals surface area contributed by atoms with Gasteiger partial charge in [0.1, 0.15) is 11.9 Å². The monoisotopic (exact) mass is 582 g/mol. The third-order valence-electron chi connectivity index (χ3n) is 7.84. The Labute approximate surface area is 244 Å². The second kappa shape index (κ2) is 10.1. The molecule has 2 atom stereocenters. The van der Waals surface area contributed by atoms with Crippen LogP contribution in [0.1, 0.15) is 45.5 Å². The number of rotatable bonds is 6. The molecule has 5 heterocycles. The molecule has 0 spiro atoms. The fourth-order valence-electron chi connectivity index (χ4n) is 5.77. The van der Waals surface area contributed by atoms with Crippen LogP contribution in [0.25, 0.3) is 52.3 Å². The summed E-state index contributed by atoms with van der Waals surface area (Å²) in [5.41, 5.74) is 6.19. The number of carbonyl (C=O) groups is 2. The molecule has 0 bridgehead atoms. The summed E-state index contributed by atoms with van der Waals surface area (Å²) in [6, 6.07) is 16.6. The van der Waals surface area contributed by atoms with E-state index in [9.17, 15) is 9.59 Å². The normalized spacial score (nSPS) is 16.4. The van der Waals surface area contributed by atoms with E-state index in [0.717, 1.165) is 46.3 Å². The molecule has 1 saturated heterocycles. The highest BCUT2D eigenvalue weighted by molar-refractivity contribution is 7.31. The van der Waals surface area contributed by atoms with Crippen molar-refractivity contribution in [1.29, 1.82) is 0 Å². The number of H-pyrrole nitrogens is 2. The number of fused-ring (bicyclic) bond motifs is 3. The maximum atomic E-state index is 13.4. The van der Waals surface area contributed by atoms with Gasteiger partial charge in [0.25, 0.3) is 0 Å². The zero-order chi connectivity index (χ0) is 28.2. The molecule has 3 N–H and O–H groups in total. The summed E-state index contributed by atoms with van der Waals surface area (Å²) < 4.78 is 2.54. The summed E-state index contributed by atoms with van der Waals surface area (Å²) in [6.07, 6.45) is 3.49. The Bertz CT molecular complexity index is 1900. The van der Waals surface area contributed by atoms with Crippen LogP contribution in [0.4, 0.5) is 0 Å². The van der Waals surface area contributed by atoms with Crippen LogP contribution in [-0.4, -0.2) is 49.2 Å². The van der Waals surface area contributed by atoms with Crippen molar-refractivity contribution in [1.82, 2.24) is 30.2 Å². The van der Waals surface area contributed by atoms with Gasteiger partial charge in [-0.05, 0) is 66.3 Å². The lowest BCUT2D eigenvalue weighted by Gasteiger charge is -2.30. The Morgan fingerprint density at radius 1 is 0.976 bits per heavy atom. The number of thiophene rings is 2. The summed E-state index contributed by atoms with van der Waals surface area (Å²) in [5.74, 6) is 0.576. The number of amides is 2. The number of imidazole rings is 2. The fourth-order valence-corrected chi connectivity index (χ4v) is 8.16. The van der Waals surface area contributed by atoms with Crippen molar-refractivity contribution in [3.63, 3.8) is 0 Å². The molecule has 2 amide bonds. The van der Waals surface area contributed by atoms with Gasteiger partial charge in [0.15, 0.2) is 0 Å². The van der Waals surface area contributed by atoms with E-state index in [1.54, 1.807) is 29.0 Å². The largest absolute Gasteiger partial charge is 0.345 e. The number of aromatic amines is 2. The molecule has 7 rings (SSSR count). The first kappa shape index (κ1) is 25.9.